The lowest BCUT2D eigenvalue weighted by molar-refractivity contribution is 0.0736. The summed E-state index contributed by atoms with van der Waals surface area (Å²) in [4.78, 5) is 19.5. The van der Waals surface area contributed by atoms with Crippen molar-refractivity contribution in [2.24, 2.45) is 0 Å². The monoisotopic (exact) mass is 346 g/mol. The van der Waals surface area contributed by atoms with Gasteiger partial charge in [-0.15, -0.1) is 0 Å². The highest BCUT2D eigenvalue weighted by Gasteiger charge is 2.17. The van der Waals surface area contributed by atoms with Crippen molar-refractivity contribution in [2.45, 2.75) is 26.3 Å². The Morgan fingerprint density at radius 3 is 2.69 bits per heavy atom. The number of nitrogens with zero attached hydrogens (tertiary/aromatic N) is 2. The van der Waals surface area contributed by atoms with Crippen LogP contribution in [0.4, 0.5) is 0 Å². The number of aromatic nitrogens is 1. The number of carbonyl (C=O) groups excluding carboxylic acids is 1. The first-order chi connectivity index (χ1) is 12.7. The van der Waals surface area contributed by atoms with Gasteiger partial charge in [-0.1, -0.05) is 30.3 Å². The summed E-state index contributed by atoms with van der Waals surface area (Å²) in [7, 11) is 0. The van der Waals surface area contributed by atoms with Crippen LogP contribution < -0.4 is 4.74 Å². The number of hydrogen-bond acceptors (Lipinski definition) is 4. The molecule has 4 heteroatoms. The van der Waals surface area contributed by atoms with E-state index in [0.29, 0.717) is 11.3 Å². The van der Waals surface area contributed by atoms with Crippen molar-refractivity contribution in [1.29, 1.82) is 0 Å². The van der Waals surface area contributed by atoms with Gasteiger partial charge in [0.15, 0.2) is 5.75 Å². The average Bonchev–Trinajstić information content (AvgIpc) is 3.17. The first-order valence-corrected chi connectivity index (χ1v) is 9.09. The van der Waals surface area contributed by atoms with Crippen molar-refractivity contribution in [3.05, 3.63) is 71.4 Å². The number of rotatable bonds is 4. The molecule has 0 atom stereocenters. The van der Waals surface area contributed by atoms with Crippen LogP contribution in [0, 0.1) is 6.92 Å². The molecule has 132 valence electrons. The van der Waals surface area contributed by atoms with Gasteiger partial charge >= 0.3 is 5.97 Å². The molecular weight excluding hydrogens is 324 g/mol. The van der Waals surface area contributed by atoms with Crippen LogP contribution in [0.1, 0.15) is 34.3 Å². The predicted octanol–water partition coefficient (Wildman–Crippen LogP) is 4.36. The molecule has 1 aliphatic heterocycles. The van der Waals surface area contributed by atoms with E-state index in [2.05, 4.69) is 22.0 Å². The van der Waals surface area contributed by atoms with E-state index in [1.807, 2.05) is 37.3 Å². The number of aryl methyl sites for hydroxylation is 1. The molecule has 4 rings (SSSR count). The van der Waals surface area contributed by atoms with E-state index in [1.54, 1.807) is 12.3 Å². The van der Waals surface area contributed by atoms with E-state index < -0.39 is 0 Å². The third kappa shape index (κ3) is 3.33. The molecule has 0 radical (unpaired) electrons. The van der Waals surface area contributed by atoms with Gasteiger partial charge in [0.25, 0.3) is 0 Å². The Hall–Kier alpha value is -2.72. The van der Waals surface area contributed by atoms with Gasteiger partial charge in [0.1, 0.15) is 5.52 Å². The van der Waals surface area contributed by atoms with Crippen LogP contribution in [0.15, 0.2) is 54.7 Å². The van der Waals surface area contributed by atoms with Crippen LogP contribution >= 0.6 is 0 Å². The molecule has 0 spiro atoms. The van der Waals surface area contributed by atoms with E-state index in [4.69, 9.17) is 4.74 Å². The van der Waals surface area contributed by atoms with Crippen LogP contribution in [-0.4, -0.2) is 28.9 Å². The molecule has 2 aromatic carbocycles. The van der Waals surface area contributed by atoms with Gasteiger partial charge in [-0.05, 0) is 62.2 Å². The van der Waals surface area contributed by atoms with Gasteiger partial charge in [0.2, 0.25) is 0 Å². The Morgan fingerprint density at radius 2 is 1.88 bits per heavy atom. The zero-order valence-electron chi connectivity index (χ0n) is 14.9. The van der Waals surface area contributed by atoms with E-state index in [9.17, 15) is 4.79 Å². The van der Waals surface area contributed by atoms with Crippen LogP contribution in [0.25, 0.3) is 10.9 Å². The highest BCUT2D eigenvalue weighted by molar-refractivity contribution is 5.95. The van der Waals surface area contributed by atoms with Gasteiger partial charge in [-0.3, -0.25) is 9.88 Å². The van der Waals surface area contributed by atoms with Crippen molar-refractivity contribution >= 4 is 16.9 Å². The van der Waals surface area contributed by atoms with Gasteiger partial charge in [-0.2, -0.15) is 0 Å². The topological polar surface area (TPSA) is 42.4 Å². The predicted molar refractivity (Wildman–Crippen MR) is 102 cm³/mol. The lowest BCUT2D eigenvalue weighted by Gasteiger charge is -2.17. The lowest BCUT2D eigenvalue weighted by Crippen LogP contribution is -2.18. The Kier molecular flexibility index (Phi) is 4.67. The summed E-state index contributed by atoms with van der Waals surface area (Å²) in [6.07, 6.45) is 4.28. The highest BCUT2D eigenvalue weighted by Crippen LogP contribution is 2.29. The first-order valence-electron chi connectivity index (χ1n) is 9.09. The molecule has 0 N–H and O–H groups in total. The molecule has 1 aromatic heterocycles. The second kappa shape index (κ2) is 7.26. The number of pyridine rings is 1. The fourth-order valence-corrected chi connectivity index (χ4v) is 3.56. The Labute approximate surface area is 153 Å². The lowest BCUT2D eigenvalue weighted by atomic mass is 10.1. The maximum Gasteiger partial charge on any atom is 0.343 e. The second-order valence-corrected chi connectivity index (χ2v) is 6.81. The Morgan fingerprint density at radius 1 is 1.08 bits per heavy atom. The molecule has 26 heavy (non-hydrogen) atoms. The number of esters is 1. The molecule has 3 aromatic rings. The maximum atomic E-state index is 12.6. The van der Waals surface area contributed by atoms with E-state index >= 15 is 0 Å². The minimum Gasteiger partial charge on any atom is -0.421 e. The zero-order chi connectivity index (χ0) is 17.9. The highest BCUT2D eigenvalue weighted by atomic mass is 16.5. The number of benzene rings is 2. The second-order valence-electron chi connectivity index (χ2n) is 6.81. The molecule has 4 nitrogen and oxygen atoms in total. The SMILES string of the molecule is Cc1ccccc1C(=O)Oc1ccc(CN2CCCC2)c2cccnc12. The van der Waals surface area contributed by atoms with Crippen LogP contribution in [0.2, 0.25) is 0 Å². The molecule has 0 unspecified atom stereocenters. The summed E-state index contributed by atoms with van der Waals surface area (Å²) in [6, 6.07) is 15.4. The Bertz CT molecular complexity index is 946. The van der Waals surface area contributed by atoms with Gasteiger partial charge < -0.3 is 4.74 Å². The van der Waals surface area contributed by atoms with Crippen molar-refractivity contribution in [1.82, 2.24) is 9.88 Å². The summed E-state index contributed by atoms with van der Waals surface area (Å²) in [5.74, 6) is 0.168. The Balaban J connectivity index is 1.66. The normalized spacial score (nSPS) is 14.7. The first kappa shape index (κ1) is 16.7. The number of ether oxygens (including phenoxy) is 1. The third-order valence-corrected chi connectivity index (χ3v) is 4.98. The molecule has 1 fully saturated rings. The molecular formula is C22H22N2O2. The standard InChI is InChI=1S/C22H22N2O2/c1-16-7-2-3-8-18(16)22(25)26-20-11-10-17(15-24-13-4-5-14-24)19-9-6-12-23-21(19)20/h2-3,6-12H,4-5,13-15H2,1H3. The van der Waals surface area contributed by atoms with E-state index in [-0.39, 0.29) is 5.97 Å². The zero-order valence-corrected chi connectivity index (χ0v) is 14.9. The van der Waals surface area contributed by atoms with Crippen molar-refractivity contribution < 1.29 is 9.53 Å². The van der Waals surface area contributed by atoms with Crippen LogP contribution in [0.3, 0.4) is 0 Å². The summed E-state index contributed by atoms with van der Waals surface area (Å²) in [5, 5.41) is 1.05. The number of fused-ring (bicyclic) bond motifs is 1. The molecule has 1 aliphatic rings. The third-order valence-electron chi connectivity index (χ3n) is 4.98. The largest absolute Gasteiger partial charge is 0.421 e. The van der Waals surface area contributed by atoms with Crippen molar-refractivity contribution in [3.63, 3.8) is 0 Å². The molecule has 0 aliphatic carbocycles. The van der Waals surface area contributed by atoms with Crippen molar-refractivity contribution in [3.8, 4) is 5.75 Å². The quantitative estimate of drug-likeness (QED) is 0.520. The summed E-state index contributed by atoms with van der Waals surface area (Å²) in [5.41, 5.74) is 3.45. The fraction of sp³-hybridized carbons (Fsp3) is 0.273. The van der Waals surface area contributed by atoms with Gasteiger partial charge in [-0.25, -0.2) is 4.79 Å². The van der Waals surface area contributed by atoms with Gasteiger partial charge in [0.05, 0.1) is 5.56 Å². The summed E-state index contributed by atoms with van der Waals surface area (Å²) >= 11 is 0. The molecule has 1 saturated heterocycles. The molecule has 0 saturated carbocycles. The summed E-state index contributed by atoms with van der Waals surface area (Å²) in [6.45, 7) is 5.11. The van der Waals surface area contributed by atoms with Gasteiger partial charge in [0, 0.05) is 18.1 Å². The molecule has 0 amide bonds. The number of carbonyl (C=O) groups is 1. The number of likely N-dealkylation sites (tertiary alicyclic amines) is 1. The molecule has 2 heterocycles. The van der Waals surface area contributed by atoms with E-state index in [0.717, 1.165) is 36.1 Å². The van der Waals surface area contributed by atoms with Crippen LogP contribution in [0.5, 0.6) is 5.75 Å². The number of hydrogen-bond donors (Lipinski definition) is 0. The van der Waals surface area contributed by atoms with Crippen LogP contribution in [-0.2, 0) is 6.54 Å². The minimum atomic E-state index is -0.345. The average molecular weight is 346 g/mol. The minimum absolute atomic E-state index is 0.345. The fourth-order valence-electron chi connectivity index (χ4n) is 3.56. The summed E-state index contributed by atoms with van der Waals surface area (Å²) < 4.78 is 5.70. The smallest absolute Gasteiger partial charge is 0.343 e. The van der Waals surface area contributed by atoms with Crippen molar-refractivity contribution in [2.75, 3.05) is 13.1 Å². The molecule has 0 bridgehead atoms. The van der Waals surface area contributed by atoms with E-state index in [1.165, 1.54) is 18.4 Å². The maximum absolute atomic E-state index is 12.6.